The summed E-state index contributed by atoms with van der Waals surface area (Å²) in [5, 5.41) is 11.2. The van der Waals surface area contributed by atoms with Crippen LogP contribution < -0.4 is 5.32 Å². The van der Waals surface area contributed by atoms with E-state index in [-0.39, 0.29) is 35.6 Å². The van der Waals surface area contributed by atoms with E-state index in [4.69, 9.17) is 9.40 Å². The van der Waals surface area contributed by atoms with Crippen molar-refractivity contribution in [2.75, 3.05) is 6.54 Å². The fraction of sp³-hybridized carbons (Fsp3) is 0.286. The van der Waals surface area contributed by atoms with Crippen molar-refractivity contribution in [2.45, 2.75) is 57.0 Å². The predicted molar refractivity (Wildman–Crippen MR) is 167 cm³/mol. The fourth-order valence-corrected chi connectivity index (χ4v) is 7.89. The van der Waals surface area contributed by atoms with Crippen LogP contribution in [0.25, 0.3) is 21.9 Å². The highest BCUT2D eigenvalue weighted by molar-refractivity contribution is 7.17. The number of fused-ring (bicyclic) bond motifs is 3. The Hall–Kier alpha value is -4.84. The van der Waals surface area contributed by atoms with Crippen molar-refractivity contribution in [1.82, 2.24) is 25.4 Å². The molecule has 1 saturated heterocycles. The normalized spacial score (nSPS) is 17.6. The highest BCUT2D eigenvalue weighted by Gasteiger charge is 2.48. The summed E-state index contributed by atoms with van der Waals surface area (Å²) in [7, 11) is 0. The topological polar surface area (TPSA) is 101 Å². The molecule has 2 aromatic carbocycles. The molecule has 12 heteroatoms. The van der Waals surface area contributed by atoms with E-state index in [0.717, 1.165) is 43.4 Å². The monoisotopic (exact) mass is 655 g/mol. The largest absolute Gasteiger partial charge is 0.421 e. The number of carbonyl (C=O) groups is 2. The molecule has 0 spiro atoms. The van der Waals surface area contributed by atoms with Gasteiger partial charge in [0.05, 0.1) is 33.4 Å². The van der Waals surface area contributed by atoms with Gasteiger partial charge in [0.25, 0.3) is 11.8 Å². The van der Waals surface area contributed by atoms with E-state index in [9.17, 15) is 22.8 Å². The van der Waals surface area contributed by atoms with Crippen molar-refractivity contribution in [3.8, 4) is 21.9 Å². The van der Waals surface area contributed by atoms with Gasteiger partial charge in [-0.05, 0) is 73.2 Å². The van der Waals surface area contributed by atoms with Gasteiger partial charge in [0.2, 0.25) is 11.8 Å². The van der Waals surface area contributed by atoms with Crippen LogP contribution in [0.3, 0.4) is 0 Å². The lowest BCUT2D eigenvalue weighted by molar-refractivity contribution is 0.0776. The van der Waals surface area contributed by atoms with Crippen LogP contribution in [0.4, 0.5) is 13.2 Å². The molecule has 2 amide bonds. The van der Waals surface area contributed by atoms with Gasteiger partial charge in [0, 0.05) is 42.3 Å². The van der Waals surface area contributed by atoms with Gasteiger partial charge in [-0.3, -0.25) is 14.6 Å². The molecule has 0 bridgehead atoms. The summed E-state index contributed by atoms with van der Waals surface area (Å²) < 4.78 is 47.0. The zero-order valence-electron chi connectivity index (χ0n) is 25.3. The van der Waals surface area contributed by atoms with Gasteiger partial charge in [0.15, 0.2) is 11.6 Å². The number of benzene rings is 2. The van der Waals surface area contributed by atoms with E-state index in [1.54, 1.807) is 19.1 Å². The van der Waals surface area contributed by atoms with Gasteiger partial charge in [-0.15, -0.1) is 21.5 Å². The van der Waals surface area contributed by atoms with Crippen molar-refractivity contribution < 1.29 is 27.2 Å². The molecule has 0 unspecified atom stereocenters. The maximum Gasteiger partial charge on any atom is 0.261 e. The molecule has 2 fully saturated rings. The number of hydrogen-bond donors (Lipinski definition) is 1. The maximum absolute atomic E-state index is 14.0. The number of amides is 2. The summed E-state index contributed by atoms with van der Waals surface area (Å²) in [6, 6.07) is 13.4. The number of rotatable bonds is 8. The molecule has 5 aromatic rings. The molecule has 47 heavy (non-hydrogen) atoms. The van der Waals surface area contributed by atoms with Crippen LogP contribution in [0, 0.1) is 24.4 Å². The number of hydrogen-bond acceptors (Lipinski definition) is 7. The van der Waals surface area contributed by atoms with Gasteiger partial charge < -0.3 is 14.6 Å². The molecule has 0 radical (unpaired) electrons. The Labute approximate surface area is 271 Å². The standard InChI is InChI=1S/C35H28F3N5O3S/c1-18-41-42-33(46-18)28-24(16-35(12-13-35)20-5-7-21(36)8-6-20)40-31-25-3-2-14-43(25)34(45)30(31)29(28)26-10-11-27(47-26)32(44)39-17-19-4-9-22(37)23(38)15-19/h4-11,15,25H,2-3,12-14,16-17H2,1H3,(H,39,44)/t25-/m0/s1. The molecule has 8 nitrogen and oxygen atoms in total. The second-order valence-corrected chi connectivity index (χ2v) is 13.5. The summed E-state index contributed by atoms with van der Waals surface area (Å²) in [5.41, 5.74) is 4.25. The Bertz CT molecular complexity index is 2070. The first-order chi connectivity index (χ1) is 22.7. The Morgan fingerprint density at radius 2 is 1.83 bits per heavy atom. The minimum absolute atomic E-state index is 0.00513. The van der Waals surface area contributed by atoms with E-state index in [1.807, 2.05) is 17.0 Å². The number of nitrogens with zero attached hydrogens (tertiary/aromatic N) is 4. The van der Waals surface area contributed by atoms with E-state index in [0.29, 0.717) is 62.3 Å². The number of aromatic nitrogens is 3. The molecule has 1 aliphatic carbocycles. The van der Waals surface area contributed by atoms with Crippen molar-refractivity contribution in [3.63, 3.8) is 0 Å². The Morgan fingerprint density at radius 1 is 1.02 bits per heavy atom. The first-order valence-corrected chi connectivity index (χ1v) is 16.3. The summed E-state index contributed by atoms with van der Waals surface area (Å²) >= 11 is 1.21. The molecule has 5 heterocycles. The second-order valence-electron chi connectivity index (χ2n) is 12.4. The van der Waals surface area contributed by atoms with Crippen molar-refractivity contribution >= 4 is 23.2 Å². The summed E-state index contributed by atoms with van der Waals surface area (Å²) in [6.07, 6.45) is 3.99. The number of aryl methyl sites for hydroxylation is 1. The third-order valence-electron chi connectivity index (χ3n) is 9.41. The van der Waals surface area contributed by atoms with Crippen LogP contribution >= 0.6 is 11.3 Å². The number of carbonyl (C=O) groups excluding carboxylic acids is 2. The number of halogens is 3. The summed E-state index contributed by atoms with van der Waals surface area (Å²) in [6.45, 7) is 2.33. The maximum atomic E-state index is 14.0. The smallest absolute Gasteiger partial charge is 0.261 e. The van der Waals surface area contributed by atoms with Crippen molar-refractivity contribution in [2.24, 2.45) is 0 Å². The Morgan fingerprint density at radius 3 is 2.55 bits per heavy atom. The van der Waals surface area contributed by atoms with Gasteiger partial charge in [-0.2, -0.15) is 0 Å². The van der Waals surface area contributed by atoms with Gasteiger partial charge in [-0.1, -0.05) is 18.2 Å². The van der Waals surface area contributed by atoms with E-state index >= 15 is 0 Å². The van der Waals surface area contributed by atoms with Gasteiger partial charge in [0.1, 0.15) is 5.82 Å². The van der Waals surface area contributed by atoms with Crippen LogP contribution in [0.15, 0.2) is 59.0 Å². The second kappa shape index (κ2) is 11.2. The first-order valence-electron chi connectivity index (χ1n) is 15.5. The molecule has 2 aliphatic heterocycles. The van der Waals surface area contributed by atoms with Gasteiger partial charge in [-0.25, -0.2) is 13.2 Å². The van der Waals surface area contributed by atoms with Crippen LogP contribution in [0.2, 0.25) is 0 Å². The quantitative estimate of drug-likeness (QED) is 0.192. The third-order valence-corrected chi connectivity index (χ3v) is 10.5. The van der Waals surface area contributed by atoms with Gasteiger partial charge >= 0.3 is 0 Å². The summed E-state index contributed by atoms with van der Waals surface area (Å²) in [4.78, 5) is 35.4. The lowest BCUT2D eigenvalue weighted by Crippen LogP contribution is -2.23. The van der Waals surface area contributed by atoms with Crippen LogP contribution in [0.1, 0.15) is 80.2 Å². The minimum atomic E-state index is -0.987. The molecule has 1 saturated carbocycles. The predicted octanol–water partition coefficient (Wildman–Crippen LogP) is 7.08. The lowest BCUT2D eigenvalue weighted by atomic mass is 9.86. The molecule has 1 N–H and O–H groups in total. The molecule has 238 valence electrons. The number of nitrogens with one attached hydrogen (secondary N) is 1. The lowest BCUT2D eigenvalue weighted by Gasteiger charge is -2.20. The SMILES string of the molecule is Cc1nnc(-c2c(CC3(c4ccc(F)cc4)CC3)nc3c(c2-c2ccc(C(=O)NCc4ccc(F)c(F)c4)s2)C(=O)N2CCC[C@@H]32)o1. The first kappa shape index (κ1) is 29.6. The van der Waals surface area contributed by atoms with E-state index < -0.39 is 17.5 Å². The Balaban J connectivity index is 1.24. The number of thiophene rings is 1. The minimum Gasteiger partial charge on any atom is -0.421 e. The highest BCUT2D eigenvalue weighted by Crippen LogP contribution is 2.54. The average molecular weight is 656 g/mol. The zero-order chi connectivity index (χ0) is 32.4. The number of pyridine rings is 1. The van der Waals surface area contributed by atoms with Crippen molar-refractivity contribution in [3.05, 3.63) is 111 Å². The van der Waals surface area contributed by atoms with Crippen molar-refractivity contribution in [1.29, 1.82) is 0 Å². The molecule has 1 atom stereocenters. The van der Waals surface area contributed by atoms with E-state index in [2.05, 4.69) is 15.5 Å². The third kappa shape index (κ3) is 5.11. The van der Waals surface area contributed by atoms with E-state index in [1.165, 1.54) is 29.5 Å². The molecule has 8 rings (SSSR count). The molecular formula is C35H28F3N5O3S. The van der Waals surface area contributed by atoms with Crippen LogP contribution in [-0.4, -0.2) is 38.4 Å². The highest BCUT2D eigenvalue weighted by atomic mass is 32.1. The summed E-state index contributed by atoms with van der Waals surface area (Å²) in [5.74, 6) is -2.17. The zero-order valence-corrected chi connectivity index (χ0v) is 26.1. The van der Waals surface area contributed by atoms with Crippen LogP contribution in [0.5, 0.6) is 0 Å². The average Bonchev–Trinajstić information content (AvgIpc) is 3.48. The molecular weight excluding hydrogens is 627 g/mol. The fourth-order valence-electron chi connectivity index (χ4n) is 6.91. The Kier molecular flexibility index (Phi) is 7.01. The molecule has 3 aliphatic rings. The van der Waals surface area contributed by atoms with Crippen LogP contribution in [-0.2, 0) is 18.4 Å². The molecule has 3 aromatic heterocycles.